The Bertz CT molecular complexity index is 177. The van der Waals surface area contributed by atoms with Crippen molar-refractivity contribution in [3.05, 3.63) is 0 Å². The SMILES string of the molecule is CCCCCCCCCCC[As](=O)(O)O. The number of unbranched alkanes of at least 4 members (excludes halogenated alkanes) is 8. The Morgan fingerprint density at radius 1 is 0.800 bits per heavy atom. The zero-order chi connectivity index (χ0) is 11.6. The quantitative estimate of drug-likeness (QED) is 0.478. The molecule has 0 radical (unpaired) electrons. The predicted molar refractivity (Wildman–Crippen MR) is 62.9 cm³/mol. The molecular weight excluding hydrogens is 255 g/mol. The third kappa shape index (κ3) is 14.3. The van der Waals surface area contributed by atoms with Crippen molar-refractivity contribution < 1.29 is 11.9 Å². The van der Waals surface area contributed by atoms with Gasteiger partial charge >= 0.3 is 96.0 Å². The first-order valence-electron chi connectivity index (χ1n) is 6.11. The van der Waals surface area contributed by atoms with Gasteiger partial charge in [-0.15, -0.1) is 0 Å². The van der Waals surface area contributed by atoms with Crippen LogP contribution in [0, 0.1) is 0 Å². The second-order valence-corrected chi connectivity index (χ2v) is 7.94. The van der Waals surface area contributed by atoms with Crippen molar-refractivity contribution in [3.63, 3.8) is 0 Å². The van der Waals surface area contributed by atoms with E-state index in [0.717, 1.165) is 12.8 Å². The number of rotatable bonds is 10. The van der Waals surface area contributed by atoms with Crippen molar-refractivity contribution in [1.82, 2.24) is 0 Å². The molecule has 0 unspecified atom stereocenters. The zero-order valence-electron chi connectivity index (χ0n) is 9.82. The molecule has 0 aromatic rings. The van der Waals surface area contributed by atoms with E-state index in [0.29, 0.717) is 6.42 Å². The molecule has 3 nitrogen and oxygen atoms in total. The van der Waals surface area contributed by atoms with Crippen LogP contribution in [0.3, 0.4) is 0 Å². The molecular formula is C11H25AsO3. The Balaban J connectivity index is 3.02. The average Bonchev–Trinajstić information content (AvgIpc) is 2.14. The van der Waals surface area contributed by atoms with E-state index in [4.69, 9.17) is 8.19 Å². The van der Waals surface area contributed by atoms with Gasteiger partial charge in [0.15, 0.2) is 0 Å². The standard InChI is InChI=1S/C11H25AsO3/c1-2-3-4-5-6-7-8-9-10-11-12(13,14)15/h2-11H2,1H3,(H2,13,14,15). The Hall–Kier alpha value is 0.278. The van der Waals surface area contributed by atoms with Crippen molar-refractivity contribution in [2.45, 2.75) is 69.9 Å². The maximum atomic E-state index is 10.6. The summed E-state index contributed by atoms with van der Waals surface area (Å²) in [6, 6.07) is 0. The van der Waals surface area contributed by atoms with Crippen LogP contribution in [0.4, 0.5) is 0 Å². The van der Waals surface area contributed by atoms with Gasteiger partial charge in [-0.1, -0.05) is 0 Å². The fourth-order valence-electron chi connectivity index (χ4n) is 1.63. The van der Waals surface area contributed by atoms with E-state index in [2.05, 4.69) is 6.92 Å². The summed E-state index contributed by atoms with van der Waals surface area (Å²) in [7, 11) is 0. The summed E-state index contributed by atoms with van der Waals surface area (Å²) in [6.45, 7) is 2.21. The average molecular weight is 280 g/mol. The van der Waals surface area contributed by atoms with Crippen LogP contribution >= 0.6 is 0 Å². The summed E-state index contributed by atoms with van der Waals surface area (Å²) >= 11 is -4.30. The molecule has 0 saturated carbocycles. The van der Waals surface area contributed by atoms with E-state index in [1.165, 1.54) is 38.5 Å². The van der Waals surface area contributed by atoms with Crippen LogP contribution in [0.25, 0.3) is 0 Å². The van der Waals surface area contributed by atoms with Gasteiger partial charge in [0.2, 0.25) is 0 Å². The van der Waals surface area contributed by atoms with Crippen LogP contribution in [-0.4, -0.2) is 22.4 Å². The fourth-order valence-corrected chi connectivity index (χ4v) is 2.96. The molecule has 15 heavy (non-hydrogen) atoms. The van der Waals surface area contributed by atoms with Gasteiger partial charge < -0.3 is 0 Å². The van der Waals surface area contributed by atoms with Crippen LogP contribution in [0.15, 0.2) is 0 Å². The van der Waals surface area contributed by atoms with Gasteiger partial charge in [0, 0.05) is 0 Å². The van der Waals surface area contributed by atoms with Crippen molar-refractivity contribution in [2.24, 2.45) is 0 Å². The van der Waals surface area contributed by atoms with Crippen LogP contribution in [0.2, 0.25) is 5.21 Å². The van der Waals surface area contributed by atoms with Gasteiger partial charge in [-0.25, -0.2) is 0 Å². The first-order valence-corrected chi connectivity index (χ1v) is 9.88. The normalized spacial score (nSPS) is 11.9. The molecule has 0 aliphatic carbocycles. The summed E-state index contributed by atoms with van der Waals surface area (Å²) in [6.07, 6.45) is 10.6. The molecule has 0 fully saturated rings. The topological polar surface area (TPSA) is 57.5 Å². The van der Waals surface area contributed by atoms with Crippen molar-refractivity contribution in [2.75, 3.05) is 0 Å². The summed E-state index contributed by atoms with van der Waals surface area (Å²) in [5.41, 5.74) is 0. The van der Waals surface area contributed by atoms with Gasteiger partial charge in [-0.05, 0) is 0 Å². The molecule has 0 bridgehead atoms. The molecule has 0 aliphatic rings. The molecule has 0 rings (SSSR count). The summed E-state index contributed by atoms with van der Waals surface area (Å²) < 4.78 is 28.0. The van der Waals surface area contributed by atoms with E-state index in [1.807, 2.05) is 0 Å². The first kappa shape index (κ1) is 15.3. The van der Waals surface area contributed by atoms with Gasteiger partial charge in [0.1, 0.15) is 0 Å². The van der Waals surface area contributed by atoms with Crippen molar-refractivity contribution in [3.8, 4) is 0 Å². The Morgan fingerprint density at radius 2 is 1.20 bits per heavy atom. The molecule has 0 heterocycles. The second-order valence-electron chi connectivity index (χ2n) is 4.22. The summed E-state index contributed by atoms with van der Waals surface area (Å²) in [5, 5.41) is 0.119. The third-order valence-corrected chi connectivity index (χ3v) is 4.44. The zero-order valence-corrected chi connectivity index (χ0v) is 11.7. The van der Waals surface area contributed by atoms with E-state index < -0.39 is 14.2 Å². The van der Waals surface area contributed by atoms with Gasteiger partial charge in [-0.3, -0.25) is 0 Å². The maximum absolute atomic E-state index is 10.6. The van der Waals surface area contributed by atoms with Gasteiger partial charge in [-0.2, -0.15) is 0 Å². The summed E-state index contributed by atoms with van der Waals surface area (Å²) in [5.74, 6) is 0. The predicted octanol–water partition coefficient (Wildman–Crippen LogP) is 2.87. The summed E-state index contributed by atoms with van der Waals surface area (Å²) in [4.78, 5) is 0. The van der Waals surface area contributed by atoms with Gasteiger partial charge in [0.25, 0.3) is 0 Å². The van der Waals surface area contributed by atoms with Crippen LogP contribution in [0.1, 0.15) is 64.7 Å². The Morgan fingerprint density at radius 3 is 1.60 bits per heavy atom. The van der Waals surface area contributed by atoms with E-state index >= 15 is 0 Å². The molecule has 0 spiro atoms. The molecule has 0 aromatic carbocycles. The minimum atomic E-state index is -4.30. The second kappa shape index (κ2) is 9.50. The molecule has 0 saturated heterocycles. The molecule has 4 heteroatoms. The van der Waals surface area contributed by atoms with E-state index in [1.54, 1.807) is 0 Å². The monoisotopic (exact) mass is 280 g/mol. The molecule has 0 amide bonds. The minimum absolute atomic E-state index is 0.119. The number of hydrogen-bond acceptors (Lipinski definition) is 1. The molecule has 0 aliphatic heterocycles. The first-order chi connectivity index (χ1) is 7.06. The van der Waals surface area contributed by atoms with Crippen LogP contribution < -0.4 is 0 Å². The fraction of sp³-hybridized carbons (Fsp3) is 1.00. The Kier molecular flexibility index (Phi) is 9.68. The molecule has 0 atom stereocenters. The molecule has 0 aromatic heterocycles. The van der Waals surface area contributed by atoms with Crippen molar-refractivity contribution >= 4 is 14.2 Å². The van der Waals surface area contributed by atoms with Gasteiger partial charge in [0.05, 0.1) is 0 Å². The van der Waals surface area contributed by atoms with Crippen molar-refractivity contribution in [1.29, 1.82) is 0 Å². The molecule has 92 valence electrons. The third-order valence-electron chi connectivity index (χ3n) is 2.55. The van der Waals surface area contributed by atoms with Crippen LogP contribution in [-0.2, 0) is 3.74 Å². The molecule has 2 N–H and O–H groups in total. The van der Waals surface area contributed by atoms with Crippen LogP contribution in [0.5, 0.6) is 0 Å². The number of hydrogen-bond donors (Lipinski definition) is 2. The van der Waals surface area contributed by atoms with E-state index in [9.17, 15) is 3.74 Å². The Labute approximate surface area is 96.3 Å². The van der Waals surface area contributed by atoms with E-state index in [-0.39, 0.29) is 5.21 Å².